The van der Waals surface area contributed by atoms with Gasteiger partial charge < -0.3 is 10.2 Å². The average molecular weight is 536 g/mol. The van der Waals surface area contributed by atoms with E-state index in [1.54, 1.807) is 18.2 Å². The summed E-state index contributed by atoms with van der Waals surface area (Å²) in [5.74, 6) is -0.727. The van der Waals surface area contributed by atoms with Gasteiger partial charge in [-0.3, -0.25) is 13.9 Å². The average Bonchev–Trinajstić information content (AvgIpc) is 2.89. The van der Waals surface area contributed by atoms with Crippen molar-refractivity contribution in [1.82, 2.24) is 10.2 Å². The van der Waals surface area contributed by atoms with Crippen molar-refractivity contribution in [2.24, 2.45) is 0 Å². The highest BCUT2D eigenvalue weighted by atomic mass is 32.2. The molecule has 0 fully saturated rings. The molecule has 0 aromatic heterocycles. The lowest BCUT2D eigenvalue weighted by Gasteiger charge is -2.34. The van der Waals surface area contributed by atoms with Crippen molar-refractivity contribution in [3.63, 3.8) is 0 Å². The number of benzene rings is 3. The number of anilines is 1. The van der Waals surface area contributed by atoms with Gasteiger partial charge in [0.25, 0.3) is 0 Å². The molecule has 0 aliphatic rings. The number of carbonyl (C=O) groups excluding carboxylic acids is 2. The van der Waals surface area contributed by atoms with E-state index in [1.807, 2.05) is 87.5 Å². The third-order valence-electron chi connectivity index (χ3n) is 6.44. The normalized spacial score (nSPS) is 12.8. The van der Waals surface area contributed by atoms with E-state index in [-0.39, 0.29) is 18.5 Å². The standard InChI is InChI=1S/C30H37N3O4S/c1-5-24(3)31-30(35)28(20-25-14-8-6-9-15-25)32(21-26-16-10-7-11-17-26)29(34)22-33(38(4,36)37)27-18-12-13-23(2)19-27/h6-19,24,28H,5,20-22H2,1-4H3,(H,31,35)/t24-,28+/m1/s1. The van der Waals surface area contributed by atoms with Crippen LogP contribution in [-0.4, -0.2) is 50.0 Å². The molecule has 0 heterocycles. The summed E-state index contributed by atoms with van der Waals surface area (Å²) in [5, 5.41) is 3.03. The van der Waals surface area contributed by atoms with Crippen LogP contribution in [0.4, 0.5) is 5.69 Å². The number of hydrogen-bond donors (Lipinski definition) is 1. The molecular formula is C30H37N3O4S. The Bertz CT molecular complexity index is 1310. The Morgan fingerprint density at radius 3 is 2.05 bits per heavy atom. The molecule has 0 saturated heterocycles. The highest BCUT2D eigenvalue weighted by Gasteiger charge is 2.33. The Balaban J connectivity index is 2.04. The molecule has 2 atom stereocenters. The van der Waals surface area contributed by atoms with Crippen molar-refractivity contribution in [2.75, 3.05) is 17.1 Å². The molecule has 1 N–H and O–H groups in total. The minimum Gasteiger partial charge on any atom is -0.352 e. The zero-order valence-electron chi connectivity index (χ0n) is 22.5. The monoisotopic (exact) mass is 535 g/mol. The number of amides is 2. The van der Waals surface area contributed by atoms with Gasteiger partial charge in [-0.05, 0) is 49.1 Å². The van der Waals surface area contributed by atoms with Crippen molar-refractivity contribution in [2.45, 2.75) is 52.2 Å². The van der Waals surface area contributed by atoms with E-state index < -0.39 is 28.5 Å². The third kappa shape index (κ3) is 8.18. The maximum Gasteiger partial charge on any atom is 0.244 e. The largest absolute Gasteiger partial charge is 0.352 e. The van der Waals surface area contributed by atoms with Gasteiger partial charge in [-0.1, -0.05) is 79.7 Å². The number of carbonyl (C=O) groups is 2. The zero-order chi connectivity index (χ0) is 27.7. The first-order valence-corrected chi connectivity index (χ1v) is 14.7. The Morgan fingerprint density at radius 1 is 0.895 bits per heavy atom. The lowest BCUT2D eigenvalue weighted by atomic mass is 10.0. The molecule has 2 amide bonds. The summed E-state index contributed by atoms with van der Waals surface area (Å²) in [6.07, 6.45) is 2.12. The number of rotatable bonds is 12. The molecule has 0 bridgehead atoms. The summed E-state index contributed by atoms with van der Waals surface area (Å²) >= 11 is 0. The van der Waals surface area contributed by atoms with E-state index in [1.165, 1.54) is 4.90 Å². The number of nitrogens with zero attached hydrogens (tertiary/aromatic N) is 2. The smallest absolute Gasteiger partial charge is 0.244 e. The minimum atomic E-state index is -3.78. The molecule has 0 aliphatic carbocycles. The van der Waals surface area contributed by atoms with E-state index in [9.17, 15) is 18.0 Å². The lowest BCUT2D eigenvalue weighted by molar-refractivity contribution is -0.140. The molecule has 3 aromatic rings. The third-order valence-corrected chi connectivity index (χ3v) is 7.58. The summed E-state index contributed by atoms with van der Waals surface area (Å²) in [5.41, 5.74) is 3.03. The van der Waals surface area contributed by atoms with Crippen molar-refractivity contribution in [3.05, 3.63) is 102 Å². The van der Waals surface area contributed by atoms with E-state index in [4.69, 9.17) is 0 Å². The number of sulfonamides is 1. The Labute approximate surface area is 226 Å². The number of hydrogen-bond acceptors (Lipinski definition) is 4. The van der Waals surface area contributed by atoms with E-state index in [2.05, 4.69) is 5.32 Å². The highest BCUT2D eigenvalue weighted by molar-refractivity contribution is 7.92. The van der Waals surface area contributed by atoms with Crippen molar-refractivity contribution >= 4 is 27.5 Å². The van der Waals surface area contributed by atoms with Gasteiger partial charge in [-0.15, -0.1) is 0 Å². The quantitative estimate of drug-likeness (QED) is 0.374. The molecule has 0 unspecified atom stereocenters. The van der Waals surface area contributed by atoms with Crippen LogP contribution in [0.5, 0.6) is 0 Å². The lowest BCUT2D eigenvalue weighted by Crippen LogP contribution is -2.54. The van der Waals surface area contributed by atoms with Gasteiger partial charge in [0.2, 0.25) is 21.8 Å². The molecule has 0 saturated carbocycles. The molecule has 38 heavy (non-hydrogen) atoms. The van der Waals surface area contributed by atoms with Crippen molar-refractivity contribution in [1.29, 1.82) is 0 Å². The van der Waals surface area contributed by atoms with Crippen LogP contribution in [0.25, 0.3) is 0 Å². The van der Waals surface area contributed by atoms with E-state index >= 15 is 0 Å². The molecule has 3 aromatic carbocycles. The van der Waals surface area contributed by atoms with Crippen LogP contribution in [0.1, 0.15) is 37.0 Å². The van der Waals surface area contributed by atoms with Gasteiger partial charge in [0.15, 0.2) is 0 Å². The molecule has 202 valence electrons. The van der Waals surface area contributed by atoms with E-state index in [0.717, 1.165) is 33.7 Å². The number of aryl methyl sites for hydroxylation is 1. The highest BCUT2D eigenvalue weighted by Crippen LogP contribution is 2.21. The SMILES string of the molecule is CC[C@@H](C)NC(=O)[C@H](Cc1ccccc1)N(Cc1ccccc1)C(=O)CN(c1cccc(C)c1)S(C)(=O)=O. The maximum absolute atomic E-state index is 14.0. The fraction of sp³-hybridized carbons (Fsp3) is 0.333. The van der Waals surface area contributed by atoms with Crippen LogP contribution in [0.2, 0.25) is 0 Å². The van der Waals surface area contributed by atoms with Gasteiger partial charge in [-0.25, -0.2) is 8.42 Å². The van der Waals surface area contributed by atoms with Crippen LogP contribution in [0, 0.1) is 6.92 Å². The predicted octanol–water partition coefficient (Wildman–Crippen LogP) is 4.32. The predicted molar refractivity (Wildman–Crippen MR) is 152 cm³/mol. The molecule has 0 aliphatic heterocycles. The maximum atomic E-state index is 14.0. The van der Waals surface area contributed by atoms with Gasteiger partial charge in [0.1, 0.15) is 12.6 Å². The van der Waals surface area contributed by atoms with Crippen LogP contribution in [0.15, 0.2) is 84.9 Å². The summed E-state index contributed by atoms with van der Waals surface area (Å²) < 4.78 is 26.7. The first-order chi connectivity index (χ1) is 18.1. The molecule has 0 radical (unpaired) electrons. The summed E-state index contributed by atoms with van der Waals surface area (Å²) in [4.78, 5) is 29.1. The molecule has 3 rings (SSSR count). The molecule has 7 nitrogen and oxygen atoms in total. The summed E-state index contributed by atoms with van der Waals surface area (Å²) in [6.45, 7) is 5.51. The minimum absolute atomic E-state index is 0.0748. The van der Waals surface area contributed by atoms with Crippen LogP contribution in [-0.2, 0) is 32.6 Å². The molecular weight excluding hydrogens is 498 g/mol. The fourth-order valence-electron chi connectivity index (χ4n) is 4.17. The van der Waals surface area contributed by atoms with Crippen molar-refractivity contribution < 1.29 is 18.0 Å². The van der Waals surface area contributed by atoms with Crippen LogP contribution < -0.4 is 9.62 Å². The zero-order valence-corrected chi connectivity index (χ0v) is 23.3. The van der Waals surface area contributed by atoms with Gasteiger partial charge in [0.05, 0.1) is 11.9 Å². The van der Waals surface area contributed by atoms with Crippen molar-refractivity contribution in [3.8, 4) is 0 Å². The molecule has 0 spiro atoms. The van der Waals surface area contributed by atoms with Gasteiger partial charge >= 0.3 is 0 Å². The van der Waals surface area contributed by atoms with Crippen LogP contribution in [0.3, 0.4) is 0 Å². The second-order valence-corrected chi connectivity index (χ2v) is 11.5. The van der Waals surface area contributed by atoms with E-state index in [0.29, 0.717) is 12.1 Å². The second kappa shape index (κ2) is 13.2. The summed E-state index contributed by atoms with van der Waals surface area (Å²) in [6, 6.07) is 25.0. The Hall–Kier alpha value is -3.65. The fourth-order valence-corrected chi connectivity index (χ4v) is 5.01. The first kappa shape index (κ1) is 28.9. The first-order valence-electron chi connectivity index (χ1n) is 12.8. The molecule has 8 heteroatoms. The second-order valence-electron chi connectivity index (χ2n) is 9.64. The Kier molecular flexibility index (Phi) is 10.1. The van der Waals surface area contributed by atoms with Crippen LogP contribution >= 0.6 is 0 Å². The number of nitrogens with one attached hydrogen (secondary N) is 1. The van der Waals surface area contributed by atoms with Gasteiger partial charge in [-0.2, -0.15) is 0 Å². The van der Waals surface area contributed by atoms with Gasteiger partial charge in [0, 0.05) is 19.0 Å². The Morgan fingerprint density at radius 2 is 1.50 bits per heavy atom. The summed E-state index contributed by atoms with van der Waals surface area (Å²) in [7, 11) is -3.78. The topological polar surface area (TPSA) is 86.8 Å².